The minimum atomic E-state index is -4.82. The largest absolute Gasteiger partial charge is 0.504 e. The average Bonchev–Trinajstić information content (AvgIpc) is 2.75. The van der Waals surface area contributed by atoms with Gasteiger partial charge in [0.25, 0.3) is 0 Å². The predicted octanol–water partition coefficient (Wildman–Crippen LogP) is 1.77. The van der Waals surface area contributed by atoms with Gasteiger partial charge in [-0.1, -0.05) is 12.1 Å². The Morgan fingerprint density at radius 3 is 1.35 bits per heavy atom. The van der Waals surface area contributed by atoms with E-state index < -0.39 is 45.8 Å². The van der Waals surface area contributed by atoms with Gasteiger partial charge in [0, 0.05) is 0 Å². The number of aromatic hydroxyl groups is 2. The van der Waals surface area contributed by atoms with E-state index in [9.17, 15) is 27.0 Å². The molecule has 0 radical (unpaired) electrons. The van der Waals surface area contributed by atoms with Crippen LogP contribution in [-0.4, -0.2) is 63.6 Å². The van der Waals surface area contributed by atoms with E-state index in [0.29, 0.717) is 11.1 Å². The molecule has 0 aliphatic heterocycles. The summed E-state index contributed by atoms with van der Waals surface area (Å²) in [6.07, 6.45) is 0.168. The highest BCUT2D eigenvalue weighted by atomic mass is 32.3. The Morgan fingerprint density at radius 1 is 0.706 bits per heavy atom. The van der Waals surface area contributed by atoms with Gasteiger partial charge in [-0.05, 0) is 60.1 Å². The molecule has 2 aromatic rings. The van der Waals surface area contributed by atoms with Gasteiger partial charge in [-0.3, -0.25) is 9.11 Å². The van der Waals surface area contributed by atoms with Crippen LogP contribution >= 0.6 is 0 Å². The minimum Gasteiger partial charge on any atom is -0.504 e. The Bertz CT molecular complexity index is 1080. The zero-order chi connectivity index (χ0) is 25.5. The van der Waals surface area contributed by atoms with E-state index in [2.05, 4.69) is 8.37 Å². The lowest BCUT2D eigenvalue weighted by Crippen LogP contribution is -2.30. The molecule has 0 amide bonds. The molecule has 190 valence electrons. The standard InChI is InChI=1S/C20H26O12S2/c1-29-19-9-13(3-5-17(19)21)7-15(11-31-33(23,24)25)16(12-32-34(26,27)28)8-14-4-6-18(22)20(10-14)30-2/h3-6,9-10,15-16,21-22H,7-8,11-12H2,1-2H3,(H,23,24,25)(H,26,27,28)/t15-,16-/m0/s1. The summed E-state index contributed by atoms with van der Waals surface area (Å²) in [7, 11) is -6.95. The molecule has 0 bridgehead atoms. The van der Waals surface area contributed by atoms with Crippen molar-refractivity contribution in [2.24, 2.45) is 11.8 Å². The molecule has 14 heteroatoms. The quantitative estimate of drug-likeness (QED) is 0.280. The van der Waals surface area contributed by atoms with Crippen LogP contribution < -0.4 is 9.47 Å². The van der Waals surface area contributed by atoms with Crippen molar-refractivity contribution in [2.75, 3.05) is 27.4 Å². The van der Waals surface area contributed by atoms with Crippen molar-refractivity contribution in [3.63, 3.8) is 0 Å². The van der Waals surface area contributed by atoms with E-state index in [-0.39, 0.29) is 35.8 Å². The Hall–Kier alpha value is -2.62. The van der Waals surface area contributed by atoms with E-state index in [1.165, 1.54) is 38.5 Å². The lowest BCUT2D eigenvalue weighted by molar-refractivity contribution is 0.130. The van der Waals surface area contributed by atoms with Crippen LogP contribution in [0.25, 0.3) is 0 Å². The Labute approximate surface area is 197 Å². The second-order valence-corrected chi connectivity index (χ2v) is 9.55. The van der Waals surface area contributed by atoms with E-state index in [1.54, 1.807) is 12.1 Å². The number of phenols is 2. The van der Waals surface area contributed by atoms with Crippen LogP contribution in [0.15, 0.2) is 36.4 Å². The minimum absolute atomic E-state index is 0.0842. The van der Waals surface area contributed by atoms with Crippen molar-refractivity contribution in [2.45, 2.75) is 12.8 Å². The first-order chi connectivity index (χ1) is 15.8. The van der Waals surface area contributed by atoms with Crippen LogP contribution in [-0.2, 0) is 42.0 Å². The maximum Gasteiger partial charge on any atom is 0.397 e. The second kappa shape index (κ2) is 11.7. The molecule has 2 atom stereocenters. The van der Waals surface area contributed by atoms with Crippen LogP contribution in [0.2, 0.25) is 0 Å². The van der Waals surface area contributed by atoms with Crippen LogP contribution in [0.1, 0.15) is 11.1 Å². The van der Waals surface area contributed by atoms with Crippen LogP contribution in [0.4, 0.5) is 0 Å². The zero-order valence-corrected chi connectivity index (χ0v) is 20.0. The third-order valence-corrected chi connectivity index (χ3v) is 5.88. The first-order valence-electron chi connectivity index (χ1n) is 9.76. The highest BCUT2D eigenvalue weighted by Crippen LogP contribution is 2.32. The van der Waals surface area contributed by atoms with Gasteiger partial charge in [-0.15, -0.1) is 0 Å². The molecule has 0 fully saturated rings. The highest BCUT2D eigenvalue weighted by molar-refractivity contribution is 7.81. The first-order valence-corrected chi connectivity index (χ1v) is 12.5. The maximum atomic E-state index is 11.2. The number of hydrogen-bond acceptors (Lipinski definition) is 10. The van der Waals surface area contributed by atoms with Crippen LogP contribution in [0.5, 0.6) is 23.0 Å². The van der Waals surface area contributed by atoms with Gasteiger partial charge >= 0.3 is 20.8 Å². The molecule has 12 nitrogen and oxygen atoms in total. The fraction of sp³-hybridized carbons (Fsp3) is 0.400. The summed E-state index contributed by atoms with van der Waals surface area (Å²) in [6.45, 7) is -1.12. The Balaban J connectivity index is 2.42. The summed E-state index contributed by atoms with van der Waals surface area (Å²) in [5, 5.41) is 19.6. The molecule has 0 saturated heterocycles. The molecule has 2 rings (SSSR count). The summed E-state index contributed by atoms with van der Waals surface area (Å²) in [5.74, 6) is -1.50. The van der Waals surface area contributed by atoms with Crippen LogP contribution in [0.3, 0.4) is 0 Å². The van der Waals surface area contributed by atoms with Crippen molar-refractivity contribution in [1.29, 1.82) is 0 Å². The molecule has 0 aliphatic carbocycles. The van der Waals surface area contributed by atoms with E-state index in [1.807, 2.05) is 0 Å². The van der Waals surface area contributed by atoms with Gasteiger partial charge in [0.2, 0.25) is 0 Å². The normalized spacial score (nSPS) is 13.9. The summed E-state index contributed by atoms with van der Waals surface area (Å²) in [5.41, 5.74) is 1.14. The topological polar surface area (TPSA) is 186 Å². The molecule has 4 N–H and O–H groups in total. The van der Waals surface area contributed by atoms with Gasteiger partial charge in [0.1, 0.15) is 0 Å². The number of rotatable bonds is 13. The average molecular weight is 523 g/mol. The fourth-order valence-electron chi connectivity index (χ4n) is 3.37. The van der Waals surface area contributed by atoms with Gasteiger partial charge in [0.15, 0.2) is 23.0 Å². The molecule has 0 spiro atoms. The van der Waals surface area contributed by atoms with Crippen molar-refractivity contribution >= 4 is 20.8 Å². The monoisotopic (exact) mass is 522 g/mol. The van der Waals surface area contributed by atoms with Gasteiger partial charge in [0.05, 0.1) is 27.4 Å². The third-order valence-electron chi connectivity index (χ3n) is 5.01. The summed E-state index contributed by atoms with van der Waals surface area (Å²) in [6, 6.07) is 8.82. The fourth-order valence-corrected chi connectivity index (χ4v) is 4.07. The Kier molecular flexibility index (Phi) is 9.49. The molecule has 0 aliphatic rings. The molecule has 0 heterocycles. The third kappa shape index (κ3) is 8.96. The molecule has 0 aromatic heterocycles. The number of benzene rings is 2. The number of ether oxygens (including phenoxy) is 2. The van der Waals surface area contributed by atoms with E-state index >= 15 is 0 Å². The number of methoxy groups -OCH3 is 2. The summed E-state index contributed by atoms with van der Waals surface area (Å²) in [4.78, 5) is 0. The Morgan fingerprint density at radius 2 is 1.06 bits per heavy atom. The number of hydrogen-bond donors (Lipinski definition) is 4. The highest BCUT2D eigenvalue weighted by Gasteiger charge is 2.27. The van der Waals surface area contributed by atoms with E-state index in [4.69, 9.17) is 18.6 Å². The predicted molar refractivity (Wildman–Crippen MR) is 119 cm³/mol. The molecule has 0 unspecified atom stereocenters. The molecular formula is C20H26O12S2. The lowest BCUT2D eigenvalue weighted by atomic mass is 9.83. The van der Waals surface area contributed by atoms with Gasteiger partial charge in [-0.2, -0.15) is 16.8 Å². The SMILES string of the molecule is COc1cc(C[C@@H](COS(=O)(=O)O)[C@H](COS(=O)(=O)O)Cc2ccc(O)c(OC)c2)ccc1O. The van der Waals surface area contributed by atoms with Crippen molar-refractivity contribution in [3.8, 4) is 23.0 Å². The maximum absolute atomic E-state index is 11.2. The van der Waals surface area contributed by atoms with E-state index in [0.717, 1.165) is 0 Å². The van der Waals surface area contributed by atoms with Crippen molar-refractivity contribution in [1.82, 2.24) is 0 Å². The molecule has 34 heavy (non-hydrogen) atoms. The zero-order valence-electron chi connectivity index (χ0n) is 18.3. The van der Waals surface area contributed by atoms with Gasteiger partial charge < -0.3 is 19.7 Å². The first kappa shape index (κ1) is 27.6. The van der Waals surface area contributed by atoms with Crippen molar-refractivity contribution < 1.29 is 54.0 Å². The summed E-state index contributed by atoms with van der Waals surface area (Å²) >= 11 is 0. The lowest BCUT2D eigenvalue weighted by Gasteiger charge is -2.26. The van der Waals surface area contributed by atoms with Crippen LogP contribution in [0, 0.1) is 11.8 Å². The molecule has 0 saturated carbocycles. The van der Waals surface area contributed by atoms with Crippen molar-refractivity contribution in [3.05, 3.63) is 47.5 Å². The molecule has 2 aromatic carbocycles. The summed E-state index contributed by atoms with van der Waals surface area (Å²) < 4.78 is 82.3. The van der Waals surface area contributed by atoms with Gasteiger partial charge in [-0.25, -0.2) is 8.37 Å². The smallest absolute Gasteiger partial charge is 0.397 e. The second-order valence-electron chi connectivity index (χ2n) is 7.37. The molecular weight excluding hydrogens is 496 g/mol. The number of phenolic OH excluding ortho intramolecular Hbond substituents is 2.